The molecule has 1 aromatic carbocycles. The van der Waals surface area contributed by atoms with Crippen molar-refractivity contribution in [2.24, 2.45) is 5.73 Å². The first-order chi connectivity index (χ1) is 9.22. The van der Waals surface area contributed by atoms with Gasteiger partial charge in [0.05, 0.1) is 0 Å². The number of primary amides is 1. The molecule has 1 aromatic rings. The molecule has 0 bridgehead atoms. The summed E-state index contributed by atoms with van der Waals surface area (Å²) in [4.78, 5) is 10.6. The summed E-state index contributed by atoms with van der Waals surface area (Å²) in [5.74, 6) is -0.406. The van der Waals surface area contributed by atoms with Gasteiger partial charge in [-0.25, -0.2) is 0 Å². The fraction of sp³-hybridized carbons (Fsp3) is 0.471. The van der Waals surface area contributed by atoms with Gasteiger partial charge in [0.2, 0.25) is 5.91 Å². The summed E-state index contributed by atoms with van der Waals surface area (Å²) in [5.41, 5.74) is 7.45. The van der Waals surface area contributed by atoms with Crippen LogP contribution >= 0.6 is 0 Å². The summed E-state index contributed by atoms with van der Waals surface area (Å²) in [7, 11) is 0. The van der Waals surface area contributed by atoms with Gasteiger partial charge in [0.25, 0.3) is 0 Å². The van der Waals surface area contributed by atoms with Crippen LogP contribution in [0.5, 0.6) is 0 Å². The Morgan fingerprint density at radius 1 is 1.05 bits per heavy atom. The van der Waals surface area contributed by atoms with E-state index in [1.54, 1.807) is 6.08 Å². The van der Waals surface area contributed by atoms with Crippen molar-refractivity contribution in [1.29, 1.82) is 0 Å². The maximum Gasteiger partial charge on any atom is 0.241 e. The molecule has 19 heavy (non-hydrogen) atoms. The van der Waals surface area contributed by atoms with Gasteiger partial charge in [-0.15, -0.1) is 0 Å². The van der Waals surface area contributed by atoms with E-state index in [4.69, 9.17) is 5.73 Å². The molecular weight excluding hydrogens is 234 g/mol. The van der Waals surface area contributed by atoms with Gasteiger partial charge in [0.1, 0.15) is 0 Å². The first-order valence-electron chi connectivity index (χ1n) is 7.29. The lowest BCUT2D eigenvalue weighted by Gasteiger charge is -2.02. The number of rotatable bonds is 9. The van der Waals surface area contributed by atoms with Crippen LogP contribution in [-0.2, 0) is 11.2 Å². The van der Waals surface area contributed by atoms with E-state index in [-0.39, 0.29) is 0 Å². The monoisotopic (exact) mass is 259 g/mol. The minimum atomic E-state index is -0.406. The number of carbonyl (C=O) groups is 1. The molecule has 0 unspecified atom stereocenters. The summed E-state index contributed by atoms with van der Waals surface area (Å²) in [5, 5.41) is 0. The van der Waals surface area contributed by atoms with Crippen LogP contribution in [0.4, 0.5) is 0 Å². The van der Waals surface area contributed by atoms with E-state index in [0.717, 1.165) is 12.0 Å². The molecule has 0 radical (unpaired) electrons. The van der Waals surface area contributed by atoms with Crippen molar-refractivity contribution >= 4 is 12.0 Å². The number of nitrogens with two attached hydrogens (primary N) is 1. The number of unbranched alkanes of at least 4 members (excludes halogenated alkanes) is 5. The van der Waals surface area contributed by atoms with Crippen LogP contribution in [0.15, 0.2) is 30.3 Å². The SMILES string of the molecule is CCCCCCCCc1ccc(/C=C/C(N)=O)cc1. The van der Waals surface area contributed by atoms with Crippen molar-refractivity contribution in [2.45, 2.75) is 51.9 Å². The average molecular weight is 259 g/mol. The Balaban J connectivity index is 2.26. The van der Waals surface area contributed by atoms with Gasteiger partial charge in [-0.05, 0) is 30.0 Å². The van der Waals surface area contributed by atoms with Crippen molar-refractivity contribution in [3.8, 4) is 0 Å². The van der Waals surface area contributed by atoms with Crippen LogP contribution in [0.3, 0.4) is 0 Å². The number of hydrogen-bond donors (Lipinski definition) is 1. The summed E-state index contributed by atoms with van der Waals surface area (Å²) in [6.07, 6.45) is 12.3. The Morgan fingerprint density at radius 3 is 2.32 bits per heavy atom. The van der Waals surface area contributed by atoms with Gasteiger partial charge in [0.15, 0.2) is 0 Å². The van der Waals surface area contributed by atoms with E-state index >= 15 is 0 Å². The highest BCUT2D eigenvalue weighted by Crippen LogP contribution is 2.11. The zero-order valence-electron chi connectivity index (χ0n) is 11.9. The molecule has 0 atom stereocenters. The molecule has 0 spiro atoms. The van der Waals surface area contributed by atoms with E-state index in [1.807, 2.05) is 12.1 Å². The molecule has 0 saturated heterocycles. The predicted octanol–water partition coefficient (Wildman–Crippen LogP) is 4.09. The zero-order valence-corrected chi connectivity index (χ0v) is 11.9. The summed E-state index contributed by atoms with van der Waals surface area (Å²) in [6.45, 7) is 2.24. The predicted molar refractivity (Wildman–Crippen MR) is 81.8 cm³/mol. The summed E-state index contributed by atoms with van der Waals surface area (Å²) >= 11 is 0. The van der Waals surface area contributed by atoms with Crippen LogP contribution in [0, 0.1) is 0 Å². The highest BCUT2D eigenvalue weighted by molar-refractivity contribution is 5.90. The van der Waals surface area contributed by atoms with E-state index in [1.165, 1.54) is 50.2 Å². The van der Waals surface area contributed by atoms with Gasteiger partial charge >= 0.3 is 0 Å². The van der Waals surface area contributed by atoms with Gasteiger partial charge < -0.3 is 5.73 Å². The molecule has 1 amide bonds. The second kappa shape index (κ2) is 9.37. The molecule has 2 heteroatoms. The lowest BCUT2D eigenvalue weighted by atomic mass is 10.0. The first-order valence-corrected chi connectivity index (χ1v) is 7.29. The van der Waals surface area contributed by atoms with E-state index in [0.29, 0.717) is 0 Å². The molecule has 0 heterocycles. The van der Waals surface area contributed by atoms with Crippen LogP contribution < -0.4 is 5.73 Å². The van der Waals surface area contributed by atoms with Crippen molar-refractivity contribution in [2.75, 3.05) is 0 Å². The molecule has 104 valence electrons. The van der Waals surface area contributed by atoms with Crippen LogP contribution in [0.2, 0.25) is 0 Å². The lowest BCUT2D eigenvalue weighted by molar-refractivity contribution is -0.113. The van der Waals surface area contributed by atoms with Gasteiger partial charge in [-0.3, -0.25) is 4.79 Å². The Bertz CT molecular complexity index is 392. The summed E-state index contributed by atoms with van der Waals surface area (Å²) < 4.78 is 0. The fourth-order valence-electron chi connectivity index (χ4n) is 2.08. The average Bonchev–Trinajstić information content (AvgIpc) is 2.41. The molecule has 2 N–H and O–H groups in total. The normalized spacial score (nSPS) is 11.0. The molecule has 0 aromatic heterocycles. The van der Waals surface area contributed by atoms with E-state index in [2.05, 4.69) is 19.1 Å². The highest BCUT2D eigenvalue weighted by atomic mass is 16.1. The van der Waals surface area contributed by atoms with Crippen molar-refractivity contribution in [3.63, 3.8) is 0 Å². The van der Waals surface area contributed by atoms with E-state index < -0.39 is 5.91 Å². The maximum atomic E-state index is 10.6. The number of benzene rings is 1. The van der Waals surface area contributed by atoms with Crippen LogP contribution in [0.25, 0.3) is 6.08 Å². The summed E-state index contributed by atoms with van der Waals surface area (Å²) in [6, 6.07) is 8.33. The Morgan fingerprint density at radius 2 is 1.68 bits per heavy atom. The lowest BCUT2D eigenvalue weighted by Crippen LogP contribution is -2.05. The van der Waals surface area contributed by atoms with Gasteiger partial charge in [-0.2, -0.15) is 0 Å². The van der Waals surface area contributed by atoms with Crippen LogP contribution in [0.1, 0.15) is 56.6 Å². The highest BCUT2D eigenvalue weighted by Gasteiger charge is 1.95. The zero-order chi connectivity index (χ0) is 13.9. The fourth-order valence-corrected chi connectivity index (χ4v) is 2.08. The Kier molecular flexibility index (Phi) is 7.64. The Labute approximate surface area is 116 Å². The van der Waals surface area contributed by atoms with Crippen molar-refractivity contribution < 1.29 is 4.79 Å². The maximum absolute atomic E-state index is 10.6. The Hall–Kier alpha value is -1.57. The minimum absolute atomic E-state index is 0.406. The number of carbonyl (C=O) groups excluding carboxylic acids is 1. The third kappa shape index (κ3) is 7.45. The molecule has 0 fully saturated rings. The number of hydrogen-bond acceptors (Lipinski definition) is 1. The second-order valence-corrected chi connectivity index (χ2v) is 5.00. The smallest absolute Gasteiger partial charge is 0.241 e. The number of aryl methyl sites for hydroxylation is 1. The minimum Gasteiger partial charge on any atom is -0.366 e. The molecule has 0 saturated carbocycles. The quantitative estimate of drug-likeness (QED) is 0.527. The van der Waals surface area contributed by atoms with Gasteiger partial charge in [-0.1, -0.05) is 63.3 Å². The third-order valence-electron chi connectivity index (χ3n) is 3.24. The second-order valence-electron chi connectivity index (χ2n) is 5.00. The van der Waals surface area contributed by atoms with Crippen molar-refractivity contribution in [3.05, 3.63) is 41.5 Å². The topological polar surface area (TPSA) is 43.1 Å². The third-order valence-corrected chi connectivity index (χ3v) is 3.24. The standard InChI is InChI=1S/C17H25NO/c1-2-3-4-5-6-7-8-15-9-11-16(12-10-15)13-14-17(18)19/h9-14H,2-8H2,1H3,(H2,18,19)/b14-13+. The molecule has 0 aliphatic rings. The molecule has 2 nitrogen and oxygen atoms in total. The molecule has 0 aliphatic carbocycles. The van der Waals surface area contributed by atoms with Crippen LogP contribution in [-0.4, -0.2) is 5.91 Å². The molecular formula is C17H25NO. The van der Waals surface area contributed by atoms with Crippen molar-refractivity contribution in [1.82, 2.24) is 0 Å². The van der Waals surface area contributed by atoms with E-state index in [9.17, 15) is 4.79 Å². The molecule has 1 rings (SSSR count). The van der Waals surface area contributed by atoms with Gasteiger partial charge in [0, 0.05) is 6.08 Å². The number of amides is 1. The largest absolute Gasteiger partial charge is 0.366 e. The first kappa shape index (κ1) is 15.5. The molecule has 0 aliphatic heterocycles.